The van der Waals surface area contributed by atoms with Crippen molar-refractivity contribution in [3.8, 4) is 0 Å². The molecule has 86 valence electrons. The van der Waals surface area contributed by atoms with E-state index in [1.807, 2.05) is 33.0 Å². The van der Waals surface area contributed by atoms with Gasteiger partial charge in [-0.05, 0) is 19.3 Å². The Morgan fingerprint density at radius 3 is 1.64 bits per heavy atom. The smallest absolute Gasteiger partial charge is 0.00387 e. The quantitative estimate of drug-likeness (QED) is 0.623. The van der Waals surface area contributed by atoms with Crippen LogP contribution < -0.4 is 5.32 Å². The lowest BCUT2D eigenvalue weighted by molar-refractivity contribution is 0.702. The van der Waals surface area contributed by atoms with E-state index in [0.29, 0.717) is 0 Å². The Balaban J connectivity index is -0.000000147. The molecule has 0 unspecified atom stereocenters. The van der Waals surface area contributed by atoms with Gasteiger partial charge in [0.05, 0.1) is 0 Å². The van der Waals surface area contributed by atoms with E-state index >= 15 is 0 Å². The average Bonchev–Trinajstić information content (AvgIpc) is 2.27. The van der Waals surface area contributed by atoms with Crippen molar-refractivity contribution in [2.24, 2.45) is 0 Å². The summed E-state index contributed by atoms with van der Waals surface area (Å²) in [7, 11) is 0. The molecular formula is C13H29N. The van der Waals surface area contributed by atoms with Crippen LogP contribution in [0.2, 0.25) is 0 Å². The van der Waals surface area contributed by atoms with Crippen molar-refractivity contribution in [3.63, 3.8) is 0 Å². The highest BCUT2D eigenvalue weighted by Crippen LogP contribution is 1.95. The number of rotatable bonds is 5. The van der Waals surface area contributed by atoms with Gasteiger partial charge in [0.2, 0.25) is 0 Å². The third kappa shape index (κ3) is 42.8. The van der Waals surface area contributed by atoms with Crippen molar-refractivity contribution in [2.75, 3.05) is 0 Å². The van der Waals surface area contributed by atoms with Crippen LogP contribution in [-0.4, -0.2) is 0 Å². The summed E-state index contributed by atoms with van der Waals surface area (Å²) in [4.78, 5) is 0. The van der Waals surface area contributed by atoms with Crippen LogP contribution in [0.4, 0.5) is 0 Å². The maximum atomic E-state index is 3.44. The summed E-state index contributed by atoms with van der Waals surface area (Å²) in [5, 5.41) is 2.78. The molecule has 0 rings (SSSR count). The average molecular weight is 199 g/mol. The summed E-state index contributed by atoms with van der Waals surface area (Å²) in [6.45, 7) is 13.8. The third-order valence-electron chi connectivity index (χ3n) is 1.34. The molecule has 0 radical (unpaired) electrons. The molecule has 0 saturated carbocycles. The molecule has 0 atom stereocenters. The van der Waals surface area contributed by atoms with Crippen LogP contribution in [0.15, 0.2) is 25.1 Å². The second-order valence-electron chi connectivity index (χ2n) is 2.58. The van der Waals surface area contributed by atoms with Gasteiger partial charge in [-0.15, -0.1) is 0 Å². The first-order valence-electron chi connectivity index (χ1n) is 5.81. The Morgan fingerprint density at radius 2 is 1.50 bits per heavy atom. The Kier molecular flexibility index (Phi) is 39.9. The zero-order valence-corrected chi connectivity index (χ0v) is 10.8. The molecule has 1 heteroatoms. The largest absolute Gasteiger partial charge is 0.369 e. The first-order valence-corrected chi connectivity index (χ1v) is 5.81. The standard InChI is InChI=1S/C6H14.C5H9N.C2H6/c2*1-3-5-6-4-2;1-2/h3-6H2,1-2H3;3-6H,2H2,1H3;1-2H3/b;5-3-;. The summed E-state index contributed by atoms with van der Waals surface area (Å²) in [5.74, 6) is 0. The maximum absolute atomic E-state index is 3.44. The van der Waals surface area contributed by atoms with E-state index in [9.17, 15) is 0 Å². The van der Waals surface area contributed by atoms with E-state index in [1.54, 1.807) is 6.20 Å². The van der Waals surface area contributed by atoms with Gasteiger partial charge >= 0.3 is 0 Å². The van der Waals surface area contributed by atoms with E-state index in [-0.39, 0.29) is 0 Å². The van der Waals surface area contributed by atoms with Gasteiger partial charge in [0, 0.05) is 0 Å². The Labute approximate surface area is 91.3 Å². The van der Waals surface area contributed by atoms with Crippen molar-refractivity contribution in [1.29, 1.82) is 0 Å². The molecule has 14 heavy (non-hydrogen) atoms. The van der Waals surface area contributed by atoms with Gasteiger partial charge in [-0.3, -0.25) is 0 Å². The molecule has 0 aromatic heterocycles. The molecule has 0 fully saturated rings. The van der Waals surface area contributed by atoms with Crippen molar-refractivity contribution in [3.05, 3.63) is 25.1 Å². The van der Waals surface area contributed by atoms with E-state index in [0.717, 1.165) is 0 Å². The summed E-state index contributed by atoms with van der Waals surface area (Å²) < 4.78 is 0. The minimum Gasteiger partial charge on any atom is -0.369 e. The predicted molar refractivity (Wildman–Crippen MR) is 69.3 cm³/mol. The lowest BCUT2D eigenvalue weighted by Gasteiger charge is -1.86. The monoisotopic (exact) mass is 199 g/mol. The molecule has 0 spiro atoms. The first-order chi connectivity index (χ1) is 6.83. The van der Waals surface area contributed by atoms with Gasteiger partial charge in [0.1, 0.15) is 0 Å². The van der Waals surface area contributed by atoms with Crippen molar-refractivity contribution >= 4 is 0 Å². The second kappa shape index (κ2) is 29.5. The number of hydrogen-bond donors (Lipinski definition) is 1. The van der Waals surface area contributed by atoms with Crippen LogP contribution in [0, 0.1) is 0 Å². The van der Waals surface area contributed by atoms with E-state index in [4.69, 9.17) is 0 Å². The fraction of sp³-hybridized carbons (Fsp3) is 0.692. The highest BCUT2D eigenvalue weighted by molar-refractivity contribution is 4.79. The molecule has 1 N–H and O–H groups in total. The van der Waals surface area contributed by atoms with E-state index in [2.05, 4.69) is 25.7 Å². The van der Waals surface area contributed by atoms with Crippen LogP contribution in [0.1, 0.15) is 60.3 Å². The van der Waals surface area contributed by atoms with Crippen LogP contribution in [-0.2, 0) is 0 Å². The summed E-state index contributed by atoms with van der Waals surface area (Å²) in [5.41, 5.74) is 0. The van der Waals surface area contributed by atoms with Crippen molar-refractivity contribution < 1.29 is 0 Å². The predicted octanol–water partition coefficient (Wildman–Crippen LogP) is 4.87. The highest BCUT2D eigenvalue weighted by Gasteiger charge is 1.75. The number of nitrogens with one attached hydrogen (secondary N) is 1. The molecule has 1 nitrogen and oxygen atoms in total. The summed E-state index contributed by atoms with van der Waals surface area (Å²) in [6.07, 6.45) is 10.9. The Bertz CT molecular complexity index is 91.4. The van der Waals surface area contributed by atoms with Gasteiger partial charge in [0.25, 0.3) is 0 Å². The van der Waals surface area contributed by atoms with E-state index in [1.165, 1.54) is 25.7 Å². The molecule has 0 heterocycles. The van der Waals surface area contributed by atoms with Gasteiger partial charge in [-0.2, -0.15) is 0 Å². The number of hydrogen-bond acceptors (Lipinski definition) is 1. The highest BCUT2D eigenvalue weighted by atomic mass is 14.8. The van der Waals surface area contributed by atoms with Gasteiger partial charge in [-0.25, -0.2) is 0 Å². The normalized spacial score (nSPS) is 8.07. The molecular weight excluding hydrogens is 170 g/mol. The SMILES string of the molecule is C=CN/C=C\C.CC.CCCCCC. The minimum atomic E-state index is 1.36. The topological polar surface area (TPSA) is 12.0 Å². The van der Waals surface area contributed by atoms with E-state index < -0.39 is 0 Å². The molecule has 0 aliphatic carbocycles. The van der Waals surface area contributed by atoms with Crippen molar-refractivity contribution in [1.82, 2.24) is 5.32 Å². The lowest BCUT2D eigenvalue weighted by atomic mass is 10.2. The van der Waals surface area contributed by atoms with Crippen LogP contribution >= 0.6 is 0 Å². The Morgan fingerprint density at radius 1 is 1.07 bits per heavy atom. The molecule has 0 aliphatic heterocycles. The molecule has 0 aromatic rings. The maximum Gasteiger partial charge on any atom is -0.00387 e. The fourth-order valence-electron chi connectivity index (χ4n) is 0.664. The zero-order chi connectivity index (χ0) is 11.7. The van der Waals surface area contributed by atoms with Crippen LogP contribution in [0.3, 0.4) is 0 Å². The molecule has 0 aliphatic rings. The molecule has 0 amide bonds. The fourth-order valence-corrected chi connectivity index (χ4v) is 0.664. The summed E-state index contributed by atoms with van der Waals surface area (Å²) >= 11 is 0. The Hall–Kier alpha value is -0.720. The van der Waals surface area contributed by atoms with Crippen molar-refractivity contribution in [2.45, 2.75) is 60.3 Å². The minimum absolute atomic E-state index is 1.36. The summed E-state index contributed by atoms with van der Waals surface area (Å²) in [6, 6.07) is 0. The number of allylic oxidation sites excluding steroid dienone is 1. The molecule has 0 aromatic carbocycles. The lowest BCUT2D eigenvalue weighted by Crippen LogP contribution is -1.86. The molecule has 0 bridgehead atoms. The van der Waals surface area contributed by atoms with Crippen LogP contribution in [0.25, 0.3) is 0 Å². The third-order valence-corrected chi connectivity index (χ3v) is 1.34. The second-order valence-corrected chi connectivity index (χ2v) is 2.58. The number of unbranched alkanes of at least 4 members (excludes halogenated alkanes) is 3. The van der Waals surface area contributed by atoms with Gasteiger partial charge in [-0.1, -0.05) is 66.0 Å². The molecule has 0 saturated heterocycles. The van der Waals surface area contributed by atoms with Gasteiger partial charge < -0.3 is 5.32 Å². The van der Waals surface area contributed by atoms with Gasteiger partial charge in [0.15, 0.2) is 0 Å². The first kappa shape index (κ1) is 18.9. The zero-order valence-electron chi connectivity index (χ0n) is 10.8. The van der Waals surface area contributed by atoms with Crippen LogP contribution in [0.5, 0.6) is 0 Å².